The van der Waals surface area contributed by atoms with Crippen molar-refractivity contribution >= 4 is 22.6 Å². The Hall–Kier alpha value is 0.120. The molecule has 7 heteroatoms. The first-order valence-electron chi connectivity index (χ1n) is 5.86. The Balaban J connectivity index is 0.00000256. The van der Waals surface area contributed by atoms with E-state index >= 15 is 0 Å². The molecule has 0 radical (unpaired) electrons. The van der Waals surface area contributed by atoms with Crippen LogP contribution < -0.4 is 5.73 Å². The number of rotatable bonds is 4. The largest absolute Gasteiger partial charge is 0.328 e. The fourth-order valence-electron chi connectivity index (χ4n) is 1.97. The van der Waals surface area contributed by atoms with Gasteiger partial charge in [-0.15, -0.1) is 12.4 Å². The number of hydrogen-bond donors (Lipinski definition) is 1. The topological polar surface area (TPSA) is 66.6 Å². The smallest absolute Gasteiger partial charge is 0.281 e. The van der Waals surface area contributed by atoms with Crippen molar-refractivity contribution in [3.05, 3.63) is 0 Å². The lowest BCUT2D eigenvalue weighted by Gasteiger charge is -2.35. The average Bonchev–Trinajstić information content (AvgIpc) is 2.28. The minimum Gasteiger partial charge on any atom is -0.328 e. The zero-order valence-corrected chi connectivity index (χ0v) is 12.4. The first kappa shape index (κ1) is 17.1. The van der Waals surface area contributed by atoms with Crippen molar-refractivity contribution in [1.29, 1.82) is 0 Å². The fourth-order valence-corrected chi connectivity index (χ4v) is 3.43. The molecule has 104 valence electrons. The van der Waals surface area contributed by atoms with E-state index in [2.05, 4.69) is 0 Å². The van der Waals surface area contributed by atoms with Gasteiger partial charge >= 0.3 is 0 Å². The van der Waals surface area contributed by atoms with Gasteiger partial charge in [-0.25, -0.2) is 0 Å². The van der Waals surface area contributed by atoms with Gasteiger partial charge in [0.05, 0.1) is 0 Å². The van der Waals surface area contributed by atoms with Crippen LogP contribution in [-0.2, 0) is 10.2 Å². The molecule has 0 spiro atoms. The van der Waals surface area contributed by atoms with Gasteiger partial charge in [-0.1, -0.05) is 6.92 Å². The second kappa shape index (κ2) is 6.89. The highest BCUT2D eigenvalue weighted by atomic mass is 35.5. The van der Waals surface area contributed by atoms with Crippen molar-refractivity contribution in [1.82, 2.24) is 8.61 Å². The number of nitrogens with two attached hydrogens (primary N) is 1. The van der Waals surface area contributed by atoms with Crippen LogP contribution in [-0.4, -0.2) is 49.8 Å². The Bertz CT molecular complexity index is 322. The number of piperidine rings is 1. The van der Waals surface area contributed by atoms with E-state index in [4.69, 9.17) is 5.73 Å². The molecule has 2 unspecified atom stereocenters. The van der Waals surface area contributed by atoms with Gasteiger partial charge in [0.1, 0.15) is 0 Å². The maximum absolute atomic E-state index is 12.1. The second-order valence-electron chi connectivity index (χ2n) is 4.54. The molecule has 2 N–H and O–H groups in total. The van der Waals surface area contributed by atoms with E-state index in [1.807, 2.05) is 13.8 Å². The van der Waals surface area contributed by atoms with Gasteiger partial charge in [0.2, 0.25) is 0 Å². The van der Waals surface area contributed by atoms with Gasteiger partial charge in [0, 0.05) is 32.7 Å². The van der Waals surface area contributed by atoms with Crippen LogP contribution in [0.15, 0.2) is 0 Å². The van der Waals surface area contributed by atoms with E-state index in [0.29, 0.717) is 19.6 Å². The normalized spacial score (nSPS) is 24.4. The molecule has 2 atom stereocenters. The third-order valence-corrected chi connectivity index (χ3v) is 5.36. The summed E-state index contributed by atoms with van der Waals surface area (Å²) in [7, 11) is -1.65. The predicted molar refractivity (Wildman–Crippen MR) is 72.4 cm³/mol. The molecule has 0 bridgehead atoms. The Kier molecular flexibility index (Phi) is 6.94. The van der Waals surface area contributed by atoms with E-state index < -0.39 is 10.2 Å². The monoisotopic (exact) mass is 285 g/mol. The molecule has 0 aliphatic carbocycles. The first-order chi connectivity index (χ1) is 7.39. The molecule has 0 amide bonds. The molecule has 1 aliphatic rings. The number of halogens is 1. The van der Waals surface area contributed by atoms with E-state index in [1.54, 1.807) is 11.4 Å². The summed E-state index contributed by atoms with van der Waals surface area (Å²) in [5.74, 6) is 0.286. The molecule has 1 fully saturated rings. The molecule has 0 aromatic carbocycles. The maximum atomic E-state index is 12.1. The van der Waals surface area contributed by atoms with Crippen LogP contribution in [0.25, 0.3) is 0 Å². The maximum Gasteiger partial charge on any atom is 0.281 e. The molecular formula is C10H24ClN3O2S. The quantitative estimate of drug-likeness (QED) is 0.825. The van der Waals surface area contributed by atoms with Crippen LogP contribution >= 0.6 is 12.4 Å². The summed E-state index contributed by atoms with van der Waals surface area (Å²) >= 11 is 0. The molecule has 5 nitrogen and oxygen atoms in total. The highest BCUT2D eigenvalue weighted by Crippen LogP contribution is 2.22. The van der Waals surface area contributed by atoms with Crippen LogP contribution in [0.1, 0.15) is 26.7 Å². The summed E-state index contributed by atoms with van der Waals surface area (Å²) in [6.07, 6.45) is 1.93. The average molecular weight is 286 g/mol. The van der Waals surface area contributed by atoms with Crippen molar-refractivity contribution in [2.24, 2.45) is 11.7 Å². The van der Waals surface area contributed by atoms with Gasteiger partial charge in [-0.2, -0.15) is 17.0 Å². The van der Waals surface area contributed by atoms with Crippen molar-refractivity contribution in [3.63, 3.8) is 0 Å². The minimum atomic E-state index is -3.27. The van der Waals surface area contributed by atoms with E-state index in [1.165, 1.54) is 4.31 Å². The third-order valence-electron chi connectivity index (χ3n) is 3.33. The Labute approximate surface area is 111 Å². The molecular weight excluding hydrogens is 262 g/mol. The second-order valence-corrected chi connectivity index (χ2v) is 6.58. The van der Waals surface area contributed by atoms with Crippen molar-refractivity contribution in [2.75, 3.05) is 26.7 Å². The molecule has 1 heterocycles. The molecule has 0 aromatic heterocycles. The zero-order valence-electron chi connectivity index (χ0n) is 10.8. The fraction of sp³-hybridized carbons (Fsp3) is 1.00. The van der Waals surface area contributed by atoms with Crippen molar-refractivity contribution < 1.29 is 8.42 Å². The highest BCUT2D eigenvalue weighted by molar-refractivity contribution is 7.86. The van der Waals surface area contributed by atoms with Gasteiger partial charge in [-0.05, 0) is 25.7 Å². The molecule has 1 saturated heterocycles. The summed E-state index contributed by atoms with van der Waals surface area (Å²) in [6, 6.07) is 0.0601. The SMILES string of the molecule is CCN(C)S(=O)(=O)N1CCCC(C(C)N)C1.Cl. The lowest BCUT2D eigenvalue weighted by Crippen LogP contribution is -2.49. The summed E-state index contributed by atoms with van der Waals surface area (Å²) in [5.41, 5.74) is 5.85. The van der Waals surface area contributed by atoms with E-state index in [0.717, 1.165) is 12.8 Å². The van der Waals surface area contributed by atoms with Gasteiger partial charge in [0.25, 0.3) is 10.2 Å². The molecule has 0 saturated carbocycles. The minimum absolute atomic E-state index is 0. The van der Waals surface area contributed by atoms with Crippen LogP contribution in [0.2, 0.25) is 0 Å². The van der Waals surface area contributed by atoms with Crippen LogP contribution in [0.3, 0.4) is 0 Å². The summed E-state index contributed by atoms with van der Waals surface area (Å²) in [6.45, 7) is 5.47. The molecule has 17 heavy (non-hydrogen) atoms. The number of hydrogen-bond acceptors (Lipinski definition) is 3. The van der Waals surface area contributed by atoms with Crippen LogP contribution in [0.5, 0.6) is 0 Å². The van der Waals surface area contributed by atoms with Gasteiger partial charge in [0.15, 0.2) is 0 Å². The standard InChI is InChI=1S/C10H23N3O2S.ClH/c1-4-12(3)16(14,15)13-7-5-6-10(8-13)9(2)11;/h9-10H,4-8,11H2,1-3H3;1H. The third kappa shape index (κ3) is 4.06. The van der Waals surface area contributed by atoms with Crippen LogP contribution in [0, 0.1) is 5.92 Å². The van der Waals surface area contributed by atoms with E-state index in [-0.39, 0.29) is 24.4 Å². The van der Waals surface area contributed by atoms with E-state index in [9.17, 15) is 8.42 Å². The summed E-state index contributed by atoms with van der Waals surface area (Å²) < 4.78 is 27.1. The van der Waals surface area contributed by atoms with Crippen molar-refractivity contribution in [2.45, 2.75) is 32.7 Å². The summed E-state index contributed by atoms with van der Waals surface area (Å²) in [5, 5.41) is 0. The zero-order chi connectivity index (χ0) is 12.3. The first-order valence-corrected chi connectivity index (χ1v) is 7.26. The molecule has 0 aromatic rings. The van der Waals surface area contributed by atoms with Crippen molar-refractivity contribution in [3.8, 4) is 0 Å². The Morgan fingerprint density at radius 1 is 1.53 bits per heavy atom. The Morgan fingerprint density at radius 3 is 2.59 bits per heavy atom. The van der Waals surface area contributed by atoms with Crippen LogP contribution in [0.4, 0.5) is 0 Å². The lowest BCUT2D eigenvalue weighted by molar-refractivity contribution is 0.232. The predicted octanol–water partition coefficient (Wildman–Crippen LogP) is 0.664. The van der Waals surface area contributed by atoms with Gasteiger partial charge in [-0.3, -0.25) is 0 Å². The summed E-state index contributed by atoms with van der Waals surface area (Å²) in [4.78, 5) is 0. The number of nitrogens with zero attached hydrogens (tertiary/aromatic N) is 2. The molecule has 1 aliphatic heterocycles. The lowest BCUT2D eigenvalue weighted by atomic mass is 9.93. The molecule has 1 rings (SSSR count). The highest BCUT2D eigenvalue weighted by Gasteiger charge is 2.32. The Morgan fingerprint density at radius 2 is 2.12 bits per heavy atom. The van der Waals surface area contributed by atoms with Gasteiger partial charge < -0.3 is 5.73 Å².